The van der Waals surface area contributed by atoms with E-state index in [9.17, 15) is 9.59 Å². The number of hydrogen-bond acceptors (Lipinski definition) is 5. The largest absolute Gasteiger partial charge is 0.325 e. The van der Waals surface area contributed by atoms with E-state index in [-0.39, 0.29) is 24.2 Å². The van der Waals surface area contributed by atoms with Crippen molar-refractivity contribution in [2.75, 3.05) is 10.6 Å². The molecular formula is C17H25ClN6O2. The molecule has 0 aliphatic rings. The van der Waals surface area contributed by atoms with E-state index >= 15 is 0 Å². The topological polar surface area (TPSA) is 115 Å². The SMILES string of the molecule is CCCC(C)(N)C(=O)Nc1ccc(NC(=O)C(C)n2cncn2)cc1.Cl. The number of aromatic nitrogens is 3. The summed E-state index contributed by atoms with van der Waals surface area (Å²) in [4.78, 5) is 28.2. The van der Waals surface area contributed by atoms with Gasteiger partial charge in [0.2, 0.25) is 11.8 Å². The first-order chi connectivity index (χ1) is 11.8. The maximum absolute atomic E-state index is 12.2. The first-order valence-corrected chi connectivity index (χ1v) is 8.19. The molecule has 0 radical (unpaired) electrons. The van der Waals surface area contributed by atoms with Gasteiger partial charge in [-0.25, -0.2) is 9.67 Å². The normalized spacial score (nSPS) is 13.8. The third-order valence-electron chi connectivity index (χ3n) is 3.91. The minimum atomic E-state index is -0.908. The number of benzene rings is 1. The number of amides is 2. The number of nitrogens with zero attached hydrogens (tertiary/aromatic N) is 3. The number of rotatable bonds is 7. The Bertz CT molecular complexity index is 715. The minimum Gasteiger partial charge on any atom is -0.325 e. The molecule has 0 spiro atoms. The maximum Gasteiger partial charge on any atom is 0.249 e. The van der Waals surface area contributed by atoms with Gasteiger partial charge >= 0.3 is 0 Å². The number of carbonyl (C=O) groups is 2. The monoisotopic (exact) mass is 380 g/mol. The van der Waals surface area contributed by atoms with E-state index in [1.165, 1.54) is 17.3 Å². The van der Waals surface area contributed by atoms with Gasteiger partial charge in [-0.05, 0) is 44.5 Å². The van der Waals surface area contributed by atoms with Crippen molar-refractivity contribution in [2.24, 2.45) is 5.73 Å². The summed E-state index contributed by atoms with van der Waals surface area (Å²) < 4.78 is 1.47. The Balaban J connectivity index is 0.00000338. The Kier molecular flexibility index (Phi) is 7.73. The predicted molar refractivity (Wildman–Crippen MR) is 103 cm³/mol. The number of nitrogens with one attached hydrogen (secondary N) is 2. The minimum absolute atomic E-state index is 0. The Hall–Kier alpha value is -2.45. The van der Waals surface area contributed by atoms with Crippen LogP contribution in [0.5, 0.6) is 0 Å². The van der Waals surface area contributed by atoms with Crippen molar-refractivity contribution in [1.82, 2.24) is 14.8 Å². The number of nitrogens with two attached hydrogens (primary N) is 1. The Morgan fingerprint density at radius 1 is 1.23 bits per heavy atom. The molecule has 2 rings (SSSR count). The van der Waals surface area contributed by atoms with Crippen molar-refractivity contribution in [1.29, 1.82) is 0 Å². The fourth-order valence-corrected chi connectivity index (χ4v) is 2.33. The van der Waals surface area contributed by atoms with Crippen molar-refractivity contribution >= 4 is 35.6 Å². The number of carbonyl (C=O) groups excluding carboxylic acids is 2. The summed E-state index contributed by atoms with van der Waals surface area (Å²) >= 11 is 0. The van der Waals surface area contributed by atoms with Crippen molar-refractivity contribution in [3.8, 4) is 0 Å². The smallest absolute Gasteiger partial charge is 0.249 e. The molecule has 1 heterocycles. The molecule has 8 nitrogen and oxygen atoms in total. The van der Waals surface area contributed by atoms with E-state index in [0.29, 0.717) is 17.8 Å². The second-order valence-electron chi connectivity index (χ2n) is 6.24. The van der Waals surface area contributed by atoms with Crippen LogP contribution in [0.15, 0.2) is 36.9 Å². The van der Waals surface area contributed by atoms with Crippen LogP contribution in [0.1, 0.15) is 39.7 Å². The molecule has 0 aliphatic heterocycles. The molecule has 0 saturated heterocycles. The van der Waals surface area contributed by atoms with Gasteiger partial charge in [-0.3, -0.25) is 9.59 Å². The molecule has 2 unspecified atom stereocenters. The van der Waals surface area contributed by atoms with Gasteiger partial charge in [-0.15, -0.1) is 12.4 Å². The Morgan fingerprint density at radius 2 is 1.81 bits per heavy atom. The highest BCUT2D eigenvalue weighted by Gasteiger charge is 2.27. The van der Waals surface area contributed by atoms with Gasteiger partial charge in [-0.1, -0.05) is 13.3 Å². The van der Waals surface area contributed by atoms with Crippen molar-refractivity contribution in [3.05, 3.63) is 36.9 Å². The number of anilines is 2. The molecule has 0 fully saturated rings. The molecule has 1 aromatic carbocycles. The van der Waals surface area contributed by atoms with E-state index in [4.69, 9.17) is 5.73 Å². The van der Waals surface area contributed by atoms with E-state index in [2.05, 4.69) is 20.7 Å². The summed E-state index contributed by atoms with van der Waals surface area (Å²) in [7, 11) is 0. The maximum atomic E-state index is 12.2. The average Bonchev–Trinajstić information content (AvgIpc) is 3.10. The summed E-state index contributed by atoms with van der Waals surface area (Å²) in [6.07, 6.45) is 4.30. The molecular weight excluding hydrogens is 356 g/mol. The standard InChI is InChI=1S/C17H24N6O2.ClH/c1-4-9-17(3,18)16(25)22-14-7-5-13(6-8-14)21-15(24)12(2)23-11-19-10-20-23;/h5-8,10-12H,4,9,18H2,1-3H3,(H,21,24)(H,22,25);1H. The molecule has 1 aromatic heterocycles. The molecule has 4 N–H and O–H groups in total. The second-order valence-corrected chi connectivity index (χ2v) is 6.24. The van der Waals surface area contributed by atoms with Crippen molar-refractivity contribution in [2.45, 2.75) is 45.2 Å². The summed E-state index contributed by atoms with van der Waals surface area (Å²) in [6, 6.07) is 6.39. The average molecular weight is 381 g/mol. The zero-order valence-corrected chi connectivity index (χ0v) is 15.9. The van der Waals surface area contributed by atoms with Crippen LogP contribution in [0.2, 0.25) is 0 Å². The lowest BCUT2D eigenvalue weighted by Gasteiger charge is -2.22. The molecule has 2 amide bonds. The molecule has 0 saturated carbocycles. The third kappa shape index (κ3) is 5.53. The summed E-state index contributed by atoms with van der Waals surface area (Å²) in [5.41, 5.74) is 6.35. The van der Waals surface area contributed by atoms with Gasteiger partial charge in [0.25, 0.3) is 0 Å². The summed E-state index contributed by atoms with van der Waals surface area (Å²) in [5.74, 6) is -0.439. The van der Waals surface area contributed by atoms with E-state index in [1.807, 2.05) is 6.92 Å². The summed E-state index contributed by atoms with van der Waals surface area (Å²) in [5, 5.41) is 9.54. The van der Waals surface area contributed by atoms with Gasteiger partial charge in [-0.2, -0.15) is 5.10 Å². The lowest BCUT2D eigenvalue weighted by atomic mass is 9.96. The molecule has 142 valence electrons. The molecule has 0 bridgehead atoms. The highest BCUT2D eigenvalue weighted by Crippen LogP contribution is 2.17. The first kappa shape index (κ1) is 21.6. The van der Waals surface area contributed by atoms with Gasteiger partial charge in [0.05, 0.1) is 5.54 Å². The van der Waals surface area contributed by atoms with Crippen LogP contribution in [0.25, 0.3) is 0 Å². The third-order valence-corrected chi connectivity index (χ3v) is 3.91. The van der Waals surface area contributed by atoms with Gasteiger partial charge in [0.1, 0.15) is 18.7 Å². The van der Waals surface area contributed by atoms with E-state index in [0.717, 1.165) is 6.42 Å². The van der Waals surface area contributed by atoms with Crippen LogP contribution in [0, 0.1) is 0 Å². The van der Waals surface area contributed by atoms with Crippen LogP contribution < -0.4 is 16.4 Å². The first-order valence-electron chi connectivity index (χ1n) is 8.19. The molecule has 2 aromatic rings. The molecule has 2 atom stereocenters. The highest BCUT2D eigenvalue weighted by atomic mass is 35.5. The number of halogens is 1. The lowest BCUT2D eigenvalue weighted by molar-refractivity contribution is -0.121. The van der Waals surface area contributed by atoms with Gasteiger partial charge in [0, 0.05) is 11.4 Å². The fraction of sp³-hybridized carbons (Fsp3) is 0.412. The Morgan fingerprint density at radius 3 is 2.31 bits per heavy atom. The fourth-order valence-electron chi connectivity index (χ4n) is 2.33. The van der Waals surface area contributed by atoms with Gasteiger partial charge < -0.3 is 16.4 Å². The van der Waals surface area contributed by atoms with Gasteiger partial charge in [0.15, 0.2) is 0 Å². The van der Waals surface area contributed by atoms with E-state index < -0.39 is 11.6 Å². The van der Waals surface area contributed by atoms with Crippen LogP contribution in [0.3, 0.4) is 0 Å². The van der Waals surface area contributed by atoms with Crippen molar-refractivity contribution in [3.63, 3.8) is 0 Å². The highest BCUT2D eigenvalue weighted by molar-refractivity contribution is 5.98. The van der Waals surface area contributed by atoms with E-state index in [1.54, 1.807) is 38.1 Å². The van der Waals surface area contributed by atoms with Crippen LogP contribution >= 0.6 is 12.4 Å². The summed E-state index contributed by atoms with van der Waals surface area (Å²) in [6.45, 7) is 5.43. The Labute approximate surface area is 159 Å². The quantitative estimate of drug-likeness (QED) is 0.682. The van der Waals surface area contributed by atoms with Crippen molar-refractivity contribution < 1.29 is 9.59 Å². The molecule has 26 heavy (non-hydrogen) atoms. The zero-order valence-electron chi connectivity index (χ0n) is 15.1. The van der Waals surface area contributed by atoms with Crippen LogP contribution in [-0.2, 0) is 9.59 Å². The molecule has 0 aliphatic carbocycles. The van der Waals surface area contributed by atoms with Crippen LogP contribution in [-0.4, -0.2) is 32.1 Å². The zero-order chi connectivity index (χ0) is 18.4. The van der Waals surface area contributed by atoms with Crippen LogP contribution in [0.4, 0.5) is 11.4 Å². The lowest BCUT2D eigenvalue weighted by Crippen LogP contribution is -2.48. The number of hydrogen-bond donors (Lipinski definition) is 3. The predicted octanol–water partition coefficient (Wildman–Crippen LogP) is 2.36. The molecule has 9 heteroatoms. The second kappa shape index (κ2) is 9.30.